The Morgan fingerprint density at radius 2 is 1.76 bits per heavy atom. The summed E-state index contributed by atoms with van der Waals surface area (Å²) in [7, 11) is -1.73. The molecule has 0 spiro atoms. The van der Waals surface area contributed by atoms with Crippen molar-refractivity contribution in [3.63, 3.8) is 0 Å². The van der Waals surface area contributed by atoms with Gasteiger partial charge < -0.3 is 15.5 Å². The van der Waals surface area contributed by atoms with Gasteiger partial charge >= 0.3 is 6.03 Å². The van der Waals surface area contributed by atoms with E-state index in [1.807, 2.05) is 30.3 Å². The van der Waals surface area contributed by atoms with Gasteiger partial charge in [0.25, 0.3) is 0 Å². The van der Waals surface area contributed by atoms with E-state index in [1.54, 1.807) is 32.2 Å². The lowest BCUT2D eigenvalue weighted by Crippen LogP contribution is -2.38. The zero-order chi connectivity index (χ0) is 21.4. The van der Waals surface area contributed by atoms with Gasteiger partial charge in [-0.2, -0.15) is 0 Å². The maximum atomic E-state index is 12.1. The molecule has 0 aliphatic carbocycles. The molecule has 0 aromatic heterocycles. The van der Waals surface area contributed by atoms with Crippen LogP contribution in [0, 0.1) is 6.92 Å². The fourth-order valence-corrected chi connectivity index (χ4v) is 3.20. The summed E-state index contributed by atoms with van der Waals surface area (Å²) in [6.45, 7) is 2.42. The summed E-state index contributed by atoms with van der Waals surface area (Å²) in [6.07, 6.45) is 1.16. The Balaban J connectivity index is 1.81. The van der Waals surface area contributed by atoms with E-state index in [-0.39, 0.29) is 24.9 Å². The number of sulfonamides is 1. The first-order valence-corrected chi connectivity index (χ1v) is 10.9. The molecule has 3 N–H and O–H groups in total. The molecule has 0 aliphatic rings. The van der Waals surface area contributed by atoms with Crippen LogP contribution in [-0.2, 0) is 21.4 Å². The first kappa shape index (κ1) is 22.2. The van der Waals surface area contributed by atoms with Gasteiger partial charge in [-0.3, -0.25) is 9.52 Å². The normalized spacial score (nSPS) is 10.9. The second-order valence-corrected chi connectivity index (χ2v) is 8.52. The standard InChI is InChI=1S/C20H26N4O4S/c1-15-9-10-17(13-18(15)23-29(3,27)28)22-19(25)11-12-21-20(26)24(2)14-16-7-5-4-6-8-16/h4-10,13,23H,11-12,14H2,1-3H3,(H,21,26)(H,22,25). The minimum atomic E-state index is -3.41. The van der Waals surface area contributed by atoms with Crippen molar-refractivity contribution in [2.24, 2.45) is 0 Å². The van der Waals surface area contributed by atoms with E-state index in [9.17, 15) is 18.0 Å². The van der Waals surface area contributed by atoms with Crippen molar-refractivity contribution in [1.29, 1.82) is 0 Å². The molecule has 156 valence electrons. The summed E-state index contributed by atoms with van der Waals surface area (Å²) in [5.74, 6) is -0.287. The molecule has 2 aromatic rings. The molecule has 9 heteroatoms. The van der Waals surface area contributed by atoms with Crippen LogP contribution in [0.3, 0.4) is 0 Å². The number of carbonyl (C=O) groups excluding carboxylic acids is 2. The molecule has 2 rings (SSSR count). The van der Waals surface area contributed by atoms with Crippen LogP contribution in [0.2, 0.25) is 0 Å². The van der Waals surface area contributed by atoms with Crippen LogP contribution in [0.4, 0.5) is 16.2 Å². The number of rotatable bonds is 8. The highest BCUT2D eigenvalue weighted by Gasteiger charge is 2.11. The third-order valence-corrected chi connectivity index (χ3v) is 4.64. The van der Waals surface area contributed by atoms with Crippen LogP contribution in [0.25, 0.3) is 0 Å². The number of hydrogen-bond acceptors (Lipinski definition) is 4. The third kappa shape index (κ3) is 7.82. The van der Waals surface area contributed by atoms with Gasteiger partial charge in [-0.25, -0.2) is 13.2 Å². The Kier molecular flexibility index (Phi) is 7.60. The van der Waals surface area contributed by atoms with E-state index in [2.05, 4.69) is 15.4 Å². The van der Waals surface area contributed by atoms with E-state index in [1.165, 1.54) is 4.90 Å². The van der Waals surface area contributed by atoms with Crippen molar-refractivity contribution in [1.82, 2.24) is 10.2 Å². The lowest BCUT2D eigenvalue weighted by atomic mass is 10.2. The SMILES string of the molecule is Cc1ccc(NC(=O)CCNC(=O)N(C)Cc2ccccc2)cc1NS(C)(=O)=O. The van der Waals surface area contributed by atoms with Crippen LogP contribution in [0.1, 0.15) is 17.5 Å². The predicted molar refractivity (Wildman–Crippen MR) is 114 cm³/mol. The smallest absolute Gasteiger partial charge is 0.317 e. The number of hydrogen-bond donors (Lipinski definition) is 3. The maximum absolute atomic E-state index is 12.1. The van der Waals surface area contributed by atoms with Gasteiger partial charge in [0.05, 0.1) is 11.9 Å². The molecule has 0 bridgehead atoms. The Morgan fingerprint density at radius 1 is 1.07 bits per heavy atom. The molecule has 3 amide bonds. The van der Waals surface area contributed by atoms with Gasteiger partial charge in [0, 0.05) is 32.2 Å². The second-order valence-electron chi connectivity index (χ2n) is 6.78. The number of amides is 3. The molecular weight excluding hydrogens is 392 g/mol. The van der Waals surface area contributed by atoms with Gasteiger partial charge in [-0.1, -0.05) is 36.4 Å². The first-order valence-electron chi connectivity index (χ1n) is 9.05. The number of aryl methyl sites for hydroxylation is 1. The topological polar surface area (TPSA) is 108 Å². The first-order chi connectivity index (χ1) is 13.6. The van der Waals surface area contributed by atoms with Crippen LogP contribution in [0.15, 0.2) is 48.5 Å². The minimum Gasteiger partial charge on any atom is -0.337 e. The zero-order valence-corrected chi connectivity index (χ0v) is 17.5. The molecule has 0 radical (unpaired) electrons. The molecule has 0 saturated carbocycles. The zero-order valence-electron chi connectivity index (χ0n) is 16.7. The van der Waals surface area contributed by atoms with Crippen LogP contribution >= 0.6 is 0 Å². The Morgan fingerprint density at radius 3 is 2.41 bits per heavy atom. The van der Waals surface area contributed by atoms with Gasteiger partial charge in [-0.05, 0) is 30.2 Å². The highest BCUT2D eigenvalue weighted by molar-refractivity contribution is 7.92. The summed E-state index contributed by atoms with van der Waals surface area (Å²) in [6, 6.07) is 14.3. The molecule has 0 unspecified atom stereocenters. The Hall–Kier alpha value is -3.07. The summed E-state index contributed by atoms with van der Waals surface area (Å²) >= 11 is 0. The van der Waals surface area contributed by atoms with Gasteiger partial charge in [0.2, 0.25) is 15.9 Å². The van der Waals surface area contributed by atoms with Crippen LogP contribution in [-0.4, -0.2) is 45.1 Å². The molecule has 0 aliphatic heterocycles. The number of nitrogens with one attached hydrogen (secondary N) is 3. The molecule has 0 fully saturated rings. The molecule has 29 heavy (non-hydrogen) atoms. The van der Waals surface area contributed by atoms with Crippen molar-refractivity contribution >= 4 is 33.3 Å². The minimum absolute atomic E-state index is 0.0909. The lowest BCUT2D eigenvalue weighted by Gasteiger charge is -2.18. The van der Waals surface area contributed by atoms with Crippen LogP contribution in [0.5, 0.6) is 0 Å². The number of carbonyl (C=O) groups is 2. The van der Waals surface area contributed by atoms with Crippen molar-refractivity contribution in [3.05, 3.63) is 59.7 Å². The monoisotopic (exact) mass is 418 g/mol. The fourth-order valence-electron chi connectivity index (χ4n) is 2.58. The van der Waals surface area contributed by atoms with Gasteiger partial charge in [0.1, 0.15) is 0 Å². The number of nitrogens with zero attached hydrogens (tertiary/aromatic N) is 1. The predicted octanol–water partition coefficient (Wildman–Crippen LogP) is 2.54. The van der Waals surface area contributed by atoms with Crippen molar-refractivity contribution in [3.8, 4) is 0 Å². The molecule has 0 saturated heterocycles. The van der Waals surface area contributed by atoms with E-state index in [0.717, 1.165) is 17.4 Å². The molecule has 0 heterocycles. The molecular formula is C20H26N4O4S. The van der Waals surface area contributed by atoms with E-state index in [4.69, 9.17) is 0 Å². The van der Waals surface area contributed by atoms with E-state index >= 15 is 0 Å². The average molecular weight is 419 g/mol. The molecule has 0 atom stereocenters. The summed E-state index contributed by atoms with van der Waals surface area (Å²) in [5.41, 5.74) is 2.63. The van der Waals surface area contributed by atoms with E-state index < -0.39 is 10.0 Å². The van der Waals surface area contributed by atoms with Crippen molar-refractivity contribution < 1.29 is 18.0 Å². The molecule has 8 nitrogen and oxygen atoms in total. The number of anilines is 2. The maximum Gasteiger partial charge on any atom is 0.317 e. The fraction of sp³-hybridized carbons (Fsp3) is 0.300. The molecule has 2 aromatic carbocycles. The van der Waals surface area contributed by atoms with Gasteiger partial charge in [0.15, 0.2) is 0 Å². The lowest BCUT2D eigenvalue weighted by molar-refractivity contribution is -0.116. The Labute approximate surface area is 171 Å². The second kappa shape index (κ2) is 9.92. The van der Waals surface area contributed by atoms with Crippen molar-refractivity contribution in [2.45, 2.75) is 19.9 Å². The highest BCUT2D eigenvalue weighted by atomic mass is 32.2. The number of benzene rings is 2. The third-order valence-electron chi connectivity index (χ3n) is 4.05. The van der Waals surface area contributed by atoms with Crippen molar-refractivity contribution in [2.75, 3.05) is 29.9 Å². The van der Waals surface area contributed by atoms with Gasteiger partial charge in [-0.15, -0.1) is 0 Å². The Bertz CT molecular complexity index is 962. The van der Waals surface area contributed by atoms with E-state index in [0.29, 0.717) is 17.9 Å². The summed E-state index contributed by atoms with van der Waals surface area (Å²) < 4.78 is 25.3. The highest BCUT2D eigenvalue weighted by Crippen LogP contribution is 2.21. The van der Waals surface area contributed by atoms with Crippen LogP contribution < -0.4 is 15.4 Å². The summed E-state index contributed by atoms with van der Waals surface area (Å²) in [4.78, 5) is 25.8. The average Bonchev–Trinajstić information content (AvgIpc) is 2.64. The largest absolute Gasteiger partial charge is 0.337 e. The number of urea groups is 1. The summed E-state index contributed by atoms with van der Waals surface area (Å²) in [5, 5.41) is 5.40. The quantitative estimate of drug-likeness (QED) is 0.612.